The van der Waals surface area contributed by atoms with E-state index >= 15 is 0 Å². The highest BCUT2D eigenvalue weighted by Crippen LogP contribution is 2.32. The monoisotopic (exact) mass is 221 g/mol. The van der Waals surface area contributed by atoms with E-state index in [1.807, 2.05) is 11.7 Å². The fourth-order valence-corrected chi connectivity index (χ4v) is 2.92. The molecule has 0 bridgehead atoms. The van der Waals surface area contributed by atoms with E-state index in [9.17, 15) is 0 Å². The molecule has 1 fully saturated rings. The Morgan fingerprint density at radius 2 is 2.19 bits per heavy atom. The largest absolute Gasteiger partial charge is 0.312 e. The van der Waals surface area contributed by atoms with E-state index in [1.165, 1.54) is 37.8 Å². The van der Waals surface area contributed by atoms with E-state index in [0.717, 1.165) is 11.6 Å². The van der Waals surface area contributed by atoms with Gasteiger partial charge in [-0.15, -0.1) is 0 Å². The third-order valence-corrected chi connectivity index (χ3v) is 3.79. The molecule has 3 nitrogen and oxygen atoms in total. The number of hydrogen-bond acceptors (Lipinski definition) is 2. The second-order valence-electron chi connectivity index (χ2n) is 5.06. The van der Waals surface area contributed by atoms with Crippen LogP contribution in [0.3, 0.4) is 0 Å². The molecule has 16 heavy (non-hydrogen) atoms. The highest BCUT2D eigenvalue weighted by Gasteiger charge is 2.22. The Balaban J connectivity index is 2.06. The van der Waals surface area contributed by atoms with Gasteiger partial charge in [-0.05, 0) is 32.4 Å². The second-order valence-corrected chi connectivity index (χ2v) is 5.06. The minimum atomic E-state index is 0.467. The van der Waals surface area contributed by atoms with E-state index in [-0.39, 0.29) is 0 Å². The van der Waals surface area contributed by atoms with Gasteiger partial charge < -0.3 is 5.32 Å². The lowest BCUT2D eigenvalue weighted by Gasteiger charge is -2.20. The van der Waals surface area contributed by atoms with Gasteiger partial charge >= 0.3 is 0 Å². The molecule has 0 aliphatic heterocycles. The highest BCUT2D eigenvalue weighted by atomic mass is 15.3. The van der Waals surface area contributed by atoms with E-state index in [0.29, 0.717) is 6.04 Å². The first-order valence-electron chi connectivity index (χ1n) is 6.38. The third kappa shape index (κ3) is 2.46. The van der Waals surface area contributed by atoms with E-state index in [4.69, 9.17) is 0 Å². The van der Waals surface area contributed by atoms with Crippen LogP contribution < -0.4 is 5.32 Å². The smallest absolute Gasteiger partial charge is 0.0597 e. The molecular formula is C13H23N3. The molecule has 1 aromatic rings. The lowest BCUT2D eigenvalue weighted by atomic mass is 9.96. The zero-order chi connectivity index (χ0) is 11.5. The Hall–Kier alpha value is -0.830. The summed E-state index contributed by atoms with van der Waals surface area (Å²) in [5.41, 5.74) is 2.44. The van der Waals surface area contributed by atoms with Gasteiger partial charge in [-0.2, -0.15) is 5.10 Å². The molecule has 2 rings (SSSR count). The van der Waals surface area contributed by atoms with Crippen molar-refractivity contribution < 1.29 is 0 Å². The van der Waals surface area contributed by atoms with Crippen molar-refractivity contribution in [3.05, 3.63) is 17.5 Å². The molecule has 3 heteroatoms. The van der Waals surface area contributed by atoms with Gasteiger partial charge in [0.05, 0.1) is 11.4 Å². The number of aromatic nitrogens is 2. The summed E-state index contributed by atoms with van der Waals surface area (Å²) in [6.45, 7) is 2.06. The van der Waals surface area contributed by atoms with Crippen molar-refractivity contribution >= 4 is 0 Å². The highest BCUT2D eigenvalue weighted by molar-refractivity contribution is 5.13. The van der Waals surface area contributed by atoms with E-state index in [2.05, 4.69) is 30.5 Å². The molecule has 1 unspecified atom stereocenters. The molecule has 0 amide bonds. The minimum absolute atomic E-state index is 0.467. The topological polar surface area (TPSA) is 29.9 Å². The van der Waals surface area contributed by atoms with Crippen LogP contribution in [0.5, 0.6) is 0 Å². The summed E-state index contributed by atoms with van der Waals surface area (Å²) in [6, 6.07) is 2.67. The van der Waals surface area contributed by atoms with Crippen molar-refractivity contribution in [1.82, 2.24) is 15.1 Å². The number of rotatable bonds is 4. The molecule has 0 spiro atoms. The summed E-state index contributed by atoms with van der Waals surface area (Å²) in [5, 5.41) is 7.87. The van der Waals surface area contributed by atoms with Crippen LogP contribution in [0.4, 0.5) is 0 Å². The lowest BCUT2D eigenvalue weighted by Crippen LogP contribution is -2.21. The molecule has 0 radical (unpaired) electrons. The van der Waals surface area contributed by atoms with Gasteiger partial charge in [0.25, 0.3) is 0 Å². The van der Waals surface area contributed by atoms with Crippen molar-refractivity contribution in [2.24, 2.45) is 13.0 Å². The van der Waals surface area contributed by atoms with Crippen molar-refractivity contribution in [2.75, 3.05) is 7.05 Å². The summed E-state index contributed by atoms with van der Waals surface area (Å²) < 4.78 is 2.02. The summed E-state index contributed by atoms with van der Waals surface area (Å²) in [6.07, 6.45) is 6.93. The van der Waals surface area contributed by atoms with Crippen LogP contribution in [0.1, 0.15) is 49.5 Å². The first-order valence-corrected chi connectivity index (χ1v) is 6.38. The Morgan fingerprint density at radius 3 is 2.69 bits per heavy atom. The maximum Gasteiger partial charge on any atom is 0.0597 e. The molecular weight excluding hydrogens is 198 g/mol. The number of nitrogens with zero attached hydrogens (tertiary/aromatic N) is 2. The zero-order valence-electron chi connectivity index (χ0n) is 10.7. The quantitative estimate of drug-likeness (QED) is 0.847. The molecule has 1 aliphatic rings. The molecule has 1 aliphatic carbocycles. The summed E-state index contributed by atoms with van der Waals surface area (Å²) in [7, 11) is 4.10. The normalized spacial score (nSPS) is 19.2. The summed E-state index contributed by atoms with van der Waals surface area (Å²) in [5.74, 6) is 0.910. The van der Waals surface area contributed by atoms with Gasteiger partial charge in [-0.1, -0.05) is 25.7 Å². The van der Waals surface area contributed by atoms with Gasteiger partial charge in [-0.3, -0.25) is 4.68 Å². The molecule has 1 N–H and O–H groups in total. The van der Waals surface area contributed by atoms with E-state index < -0.39 is 0 Å². The summed E-state index contributed by atoms with van der Waals surface area (Å²) >= 11 is 0. The lowest BCUT2D eigenvalue weighted by molar-refractivity contribution is 0.398. The first kappa shape index (κ1) is 11.6. The first-order chi connectivity index (χ1) is 7.70. The van der Waals surface area contributed by atoms with Crippen molar-refractivity contribution in [2.45, 2.75) is 45.1 Å². The van der Waals surface area contributed by atoms with Crippen LogP contribution in [0.25, 0.3) is 0 Å². The average Bonchev–Trinajstić information content (AvgIpc) is 2.85. The molecule has 1 atom stereocenters. The van der Waals surface area contributed by atoms with Crippen LogP contribution in [0, 0.1) is 12.8 Å². The molecule has 1 saturated carbocycles. The van der Waals surface area contributed by atoms with Crippen molar-refractivity contribution in [3.63, 3.8) is 0 Å². The van der Waals surface area contributed by atoms with Crippen LogP contribution in [-0.4, -0.2) is 16.8 Å². The number of aryl methyl sites for hydroxylation is 2. The van der Waals surface area contributed by atoms with Gasteiger partial charge in [-0.25, -0.2) is 0 Å². The van der Waals surface area contributed by atoms with Crippen LogP contribution >= 0.6 is 0 Å². The Labute approximate surface area is 98.2 Å². The maximum atomic E-state index is 4.43. The maximum absolute atomic E-state index is 4.43. The fourth-order valence-electron chi connectivity index (χ4n) is 2.92. The average molecular weight is 221 g/mol. The van der Waals surface area contributed by atoms with Crippen LogP contribution in [-0.2, 0) is 7.05 Å². The molecule has 1 heterocycles. The zero-order valence-corrected chi connectivity index (χ0v) is 10.7. The van der Waals surface area contributed by atoms with Crippen molar-refractivity contribution in [3.8, 4) is 0 Å². The molecule has 0 saturated heterocycles. The van der Waals surface area contributed by atoms with Crippen molar-refractivity contribution in [1.29, 1.82) is 0 Å². The molecule has 1 aromatic heterocycles. The third-order valence-electron chi connectivity index (χ3n) is 3.79. The Kier molecular flexibility index (Phi) is 3.64. The molecule has 0 aromatic carbocycles. The molecule has 90 valence electrons. The summed E-state index contributed by atoms with van der Waals surface area (Å²) in [4.78, 5) is 0. The number of nitrogens with one attached hydrogen (secondary N) is 1. The predicted molar refractivity (Wildman–Crippen MR) is 66.3 cm³/mol. The van der Waals surface area contributed by atoms with Crippen LogP contribution in [0.2, 0.25) is 0 Å². The number of hydrogen-bond donors (Lipinski definition) is 1. The minimum Gasteiger partial charge on any atom is -0.312 e. The SMILES string of the molecule is CNC(CC1CCCC1)c1cc(C)nn1C. The fraction of sp³-hybridized carbons (Fsp3) is 0.769. The van der Waals surface area contributed by atoms with Gasteiger partial charge in [0.15, 0.2) is 0 Å². The van der Waals surface area contributed by atoms with Gasteiger partial charge in [0, 0.05) is 13.1 Å². The second kappa shape index (κ2) is 5.00. The Bertz CT molecular complexity index is 337. The Morgan fingerprint density at radius 1 is 1.50 bits per heavy atom. The standard InChI is InChI=1S/C13H23N3/c1-10-8-13(16(3)15-10)12(14-2)9-11-6-4-5-7-11/h8,11-12,14H,4-7,9H2,1-3H3. The predicted octanol–water partition coefficient (Wildman–Crippen LogP) is 2.57. The van der Waals surface area contributed by atoms with Crippen LogP contribution in [0.15, 0.2) is 6.07 Å². The van der Waals surface area contributed by atoms with Gasteiger partial charge in [0.1, 0.15) is 0 Å². The van der Waals surface area contributed by atoms with E-state index in [1.54, 1.807) is 0 Å². The van der Waals surface area contributed by atoms with Gasteiger partial charge in [0.2, 0.25) is 0 Å².